The van der Waals surface area contributed by atoms with Crippen LogP contribution in [0.25, 0.3) is 0 Å². The molecule has 0 aromatic carbocycles. The van der Waals surface area contributed by atoms with Gasteiger partial charge in [-0.15, -0.1) is 0 Å². The van der Waals surface area contributed by atoms with Gasteiger partial charge in [0, 0.05) is 25.4 Å². The van der Waals surface area contributed by atoms with Crippen molar-refractivity contribution in [2.75, 3.05) is 18.0 Å². The van der Waals surface area contributed by atoms with Crippen molar-refractivity contribution in [3.05, 3.63) is 12.3 Å². The van der Waals surface area contributed by atoms with Gasteiger partial charge in [-0.25, -0.2) is 0 Å². The van der Waals surface area contributed by atoms with Crippen molar-refractivity contribution in [2.45, 2.75) is 46.1 Å². The van der Waals surface area contributed by atoms with Gasteiger partial charge in [-0.2, -0.15) is 5.10 Å². The molecule has 0 aliphatic carbocycles. The number of rotatable bonds is 1. The van der Waals surface area contributed by atoms with Crippen LogP contribution in [0.3, 0.4) is 0 Å². The topological polar surface area (TPSA) is 21.1 Å². The zero-order valence-electron chi connectivity index (χ0n) is 10.9. The second kappa shape index (κ2) is 4.11. The molecule has 1 aliphatic rings. The highest BCUT2D eigenvalue weighted by atomic mass is 15.4. The molecule has 90 valence electrons. The first kappa shape index (κ1) is 11.5. The average Bonchev–Trinajstić information content (AvgIpc) is 2.65. The Morgan fingerprint density at radius 1 is 1.38 bits per heavy atom. The van der Waals surface area contributed by atoms with E-state index in [9.17, 15) is 0 Å². The molecule has 1 fully saturated rings. The van der Waals surface area contributed by atoms with E-state index in [2.05, 4.69) is 54.6 Å². The van der Waals surface area contributed by atoms with Gasteiger partial charge in [-0.1, -0.05) is 6.92 Å². The molecule has 0 radical (unpaired) electrons. The Balaban J connectivity index is 2.12. The van der Waals surface area contributed by atoms with Crippen LogP contribution in [-0.2, 0) is 5.54 Å². The first-order chi connectivity index (χ1) is 7.47. The van der Waals surface area contributed by atoms with E-state index in [1.807, 2.05) is 0 Å². The molecule has 3 nitrogen and oxygen atoms in total. The van der Waals surface area contributed by atoms with E-state index in [-0.39, 0.29) is 5.54 Å². The minimum atomic E-state index is 0.0830. The van der Waals surface area contributed by atoms with Crippen LogP contribution in [0.4, 0.5) is 5.82 Å². The minimum Gasteiger partial charge on any atom is -0.355 e. The molecular formula is C13H23N3. The lowest BCUT2D eigenvalue weighted by atomic mass is 10.0. The fraction of sp³-hybridized carbons (Fsp3) is 0.769. The summed E-state index contributed by atoms with van der Waals surface area (Å²) in [5, 5.41) is 4.68. The summed E-state index contributed by atoms with van der Waals surface area (Å²) in [5.41, 5.74) is 0.0830. The van der Waals surface area contributed by atoms with Crippen LogP contribution in [0, 0.1) is 5.92 Å². The number of hydrogen-bond acceptors (Lipinski definition) is 2. The molecule has 1 saturated heterocycles. The molecule has 1 aliphatic heterocycles. The maximum atomic E-state index is 4.68. The van der Waals surface area contributed by atoms with Crippen molar-refractivity contribution in [2.24, 2.45) is 5.92 Å². The first-order valence-electron chi connectivity index (χ1n) is 6.28. The van der Waals surface area contributed by atoms with Crippen molar-refractivity contribution in [3.8, 4) is 0 Å². The lowest BCUT2D eigenvalue weighted by Gasteiger charge is -2.31. The van der Waals surface area contributed by atoms with Gasteiger partial charge in [0.05, 0.1) is 5.54 Å². The van der Waals surface area contributed by atoms with E-state index < -0.39 is 0 Å². The fourth-order valence-electron chi connectivity index (χ4n) is 2.25. The number of nitrogens with zero attached hydrogens (tertiary/aromatic N) is 3. The lowest BCUT2D eigenvalue weighted by Crippen LogP contribution is -2.35. The second-order valence-corrected chi connectivity index (χ2v) is 5.98. The third-order valence-electron chi connectivity index (χ3n) is 3.24. The van der Waals surface area contributed by atoms with E-state index in [1.54, 1.807) is 0 Å². The Bertz CT molecular complexity index is 348. The maximum absolute atomic E-state index is 4.68. The van der Waals surface area contributed by atoms with Gasteiger partial charge in [0.25, 0.3) is 0 Å². The van der Waals surface area contributed by atoms with Gasteiger partial charge >= 0.3 is 0 Å². The third-order valence-corrected chi connectivity index (χ3v) is 3.24. The molecular weight excluding hydrogens is 198 g/mol. The number of aromatic nitrogens is 2. The third kappa shape index (κ3) is 2.39. The molecule has 2 heterocycles. The van der Waals surface area contributed by atoms with Crippen LogP contribution in [0.5, 0.6) is 0 Å². The summed E-state index contributed by atoms with van der Waals surface area (Å²) in [7, 11) is 0. The Labute approximate surface area is 98.4 Å². The lowest BCUT2D eigenvalue weighted by molar-refractivity contribution is 0.354. The Kier molecular flexibility index (Phi) is 2.96. The number of hydrogen-bond donors (Lipinski definition) is 0. The normalized spacial score (nSPS) is 22.5. The Morgan fingerprint density at radius 2 is 2.12 bits per heavy atom. The summed E-state index contributed by atoms with van der Waals surface area (Å²) < 4.78 is 2.06. The van der Waals surface area contributed by atoms with Crippen LogP contribution in [-0.4, -0.2) is 22.9 Å². The van der Waals surface area contributed by atoms with E-state index in [4.69, 9.17) is 0 Å². The van der Waals surface area contributed by atoms with Crippen molar-refractivity contribution in [1.29, 1.82) is 0 Å². The molecule has 0 amide bonds. The maximum Gasteiger partial charge on any atom is 0.150 e. The molecule has 1 atom stereocenters. The summed E-state index contributed by atoms with van der Waals surface area (Å²) in [5.74, 6) is 1.94. The standard InChI is InChI=1S/C13H23N3/c1-11-6-5-8-15(10-11)12-7-9-16(14-12)13(2,3)4/h7,9,11H,5-6,8,10H2,1-4H3. The number of anilines is 1. The zero-order valence-corrected chi connectivity index (χ0v) is 10.9. The largest absolute Gasteiger partial charge is 0.355 e. The Hall–Kier alpha value is -0.990. The van der Waals surface area contributed by atoms with Gasteiger partial charge in [-0.3, -0.25) is 4.68 Å². The summed E-state index contributed by atoms with van der Waals surface area (Å²) >= 11 is 0. The Morgan fingerprint density at radius 3 is 2.69 bits per heavy atom. The van der Waals surface area contributed by atoms with Crippen LogP contribution >= 0.6 is 0 Å². The summed E-state index contributed by atoms with van der Waals surface area (Å²) in [6.45, 7) is 11.2. The molecule has 1 unspecified atom stereocenters. The predicted molar refractivity (Wildman–Crippen MR) is 67.8 cm³/mol. The summed E-state index contributed by atoms with van der Waals surface area (Å²) in [6.07, 6.45) is 4.74. The summed E-state index contributed by atoms with van der Waals surface area (Å²) in [6, 6.07) is 2.14. The molecule has 0 N–H and O–H groups in total. The van der Waals surface area contributed by atoms with Crippen LogP contribution in [0.15, 0.2) is 12.3 Å². The van der Waals surface area contributed by atoms with Gasteiger partial charge < -0.3 is 4.90 Å². The molecule has 0 saturated carbocycles. The van der Waals surface area contributed by atoms with Crippen LogP contribution < -0.4 is 4.90 Å². The summed E-state index contributed by atoms with van der Waals surface area (Å²) in [4.78, 5) is 2.41. The van der Waals surface area contributed by atoms with Crippen molar-refractivity contribution in [3.63, 3.8) is 0 Å². The molecule has 2 rings (SSSR count). The first-order valence-corrected chi connectivity index (χ1v) is 6.28. The van der Waals surface area contributed by atoms with E-state index in [0.29, 0.717) is 0 Å². The zero-order chi connectivity index (χ0) is 11.8. The van der Waals surface area contributed by atoms with Gasteiger partial charge in [0.15, 0.2) is 5.82 Å². The van der Waals surface area contributed by atoms with E-state index in [0.717, 1.165) is 24.8 Å². The van der Waals surface area contributed by atoms with E-state index >= 15 is 0 Å². The molecule has 0 spiro atoms. The van der Waals surface area contributed by atoms with Crippen LogP contribution in [0.2, 0.25) is 0 Å². The average molecular weight is 221 g/mol. The van der Waals surface area contributed by atoms with Gasteiger partial charge in [0.2, 0.25) is 0 Å². The number of piperidine rings is 1. The highest BCUT2D eigenvalue weighted by Crippen LogP contribution is 2.23. The highest BCUT2D eigenvalue weighted by molar-refractivity contribution is 5.37. The second-order valence-electron chi connectivity index (χ2n) is 5.98. The SMILES string of the molecule is CC1CCCN(c2ccn(C(C)(C)C)n2)C1. The minimum absolute atomic E-state index is 0.0830. The van der Waals surface area contributed by atoms with E-state index in [1.165, 1.54) is 12.8 Å². The molecule has 0 bridgehead atoms. The van der Waals surface area contributed by atoms with Gasteiger partial charge in [-0.05, 0) is 39.5 Å². The van der Waals surface area contributed by atoms with Crippen LogP contribution in [0.1, 0.15) is 40.5 Å². The quantitative estimate of drug-likeness (QED) is 0.727. The van der Waals surface area contributed by atoms with Gasteiger partial charge in [0.1, 0.15) is 0 Å². The predicted octanol–water partition coefficient (Wildman–Crippen LogP) is 2.87. The fourth-order valence-corrected chi connectivity index (χ4v) is 2.25. The van der Waals surface area contributed by atoms with Crippen molar-refractivity contribution >= 4 is 5.82 Å². The monoisotopic (exact) mass is 221 g/mol. The smallest absolute Gasteiger partial charge is 0.150 e. The molecule has 1 aromatic rings. The van der Waals surface area contributed by atoms with Crippen molar-refractivity contribution < 1.29 is 0 Å². The molecule has 16 heavy (non-hydrogen) atoms. The molecule has 3 heteroatoms. The molecule has 1 aromatic heterocycles. The highest BCUT2D eigenvalue weighted by Gasteiger charge is 2.20. The van der Waals surface area contributed by atoms with Crippen molar-refractivity contribution in [1.82, 2.24) is 9.78 Å².